The van der Waals surface area contributed by atoms with Gasteiger partial charge in [0.2, 0.25) is 0 Å². The van der Waals surface area contributed by atoms with Gasteiger partial charge in [0.05, 0.1) is 0 Å². The number of carbonyl (C=O) groups is 2. The summed E-state index contributed by atoms with van der Waals surface area (Å²) in [4.78, 5) is 25.9. The highest BCUT2D eigenvalue weighted by Crippen LogP contribution is 2.21. The second-order valence-corrected chi connectivity index (χ2v) is 7.60. The lowest BCUT2D eigenvalue weighted by atomic mass is 10.1. The normalized spacial score (nSPS) is 21.3. The van der Waals surface area contributed by atoms with Crippen LogP contribution < -0.4 is 5.32 Å². The number of aryl methyl sites for hydroxylation is 1. The van der Waals surface area contributed by atoms with Gasteiger partial charge < -0.3 is 15.2 Å². The van der Waals surface area contributed by atoms with Gasteiger partial charge in [-0.15, -0.1) is 0 Å². The number of aliphatic hydroxyl groups excluding tert-OH is 1. The number of aliphatic hydroxyl groups is 1. The number of nitrogens with one attached hydrogen (secondary N) is 1. The fraction of sp³-hybridized carbons (Fsp3) is 0.619. The van der Waals surface area contributed by atoms with Gasteiger partial charge in [0.15, 0.2) is 5.78 Å². The molecule has 1 aromatic rings. The summed E-state index contributed by atoms with van der Waals surface area (Å²) in [5, 5.41) is 12.1. The second-order valence-electron chi connectivity index (χ2n) is 7.60. The molecular formula is C21H30N2O4. The van der Waals surface area contributed by atoms with Crippen LogP contribution in [0.5, 0.6) is 0 Å². The van der Waals surface area contributed by atoms with Crippen molar-refractivity contribution in [2.75, 3.05) is 26.2 Å². The minimum Gasteiger partial charge on any atom is -0.461 e. The highest BCUT2D eigenvalue weighted by Gasteiger charge is 2.29. The van der Waals surface area contributed by atoms with Crippen molar-refractivity contribution in [2.24, 2.45) is 0 Å². The highest BCUT2D eigenvalue weighted by molar-refractivity contribution is 5.79. The standard InChI is InChI=1S/C21H30N2O4/c24-15-18(25)10-9-16-5-7-17(8-6-16)13-23-12-11-22-20(14-23)21(26)27-19-3-1-2-4-19/h5-8,19-20,22,24H,1-4,9-15H2. The van der Waals surface area contributed by atoms with Crippen LogP contribution in [0.4, 0.5) is 0 Å². The predicted molar refractivity (Wildman–Crippen MR) is 102 cm³/mol. The quantitative estimate of drug-likeness (QED) is 0.671. The molecule has 6 nitrogen and oxygen atoms in total. The number of carbonyl (C=O) groups excluding carboxylic acids is 2. The summed E-state index contributed by atoms with van der Waals surface area (Å²) >= 11 is 0. The lowest BCUT2D eigenvalue weighted by Gasteiger charge is -2.33. The van der Waals surface area contributed by atoms with E-state index in [-0.39, 0.29) is 30.5 Å². The highest BCUT2D eigenvalue weighted by atomic mass is 16.5. The average molecular weight is 374 g/mol. The largest absolute Gasteiger partial charge is 0.461 e. The van der Waals surface area contributed by atoms with Gasteiger partial charge in [0, 0.05) is 32.6 Å². The molecule has 1 heterocycles. The first-order valence-electron chi connectivity index (χ1n) is 10.0. The number of esters is 1. The summed E-state index contributed by atoms with van der Waals surface area (Å²) in [6, 6.07) is 7.98. The molecule has 148 valence electrons. The van der Waals surface area contributed by atoms with Crippen molar-refractivity contribution in [3.63, 3.8) is 0 Å². The molecule has 1 unspecified atom stereocenters. The summed E-state index contributed by atoms with van der Waals surface area (Å²) < 4.78 is 5.65. The zero-order valence-electron chi connectivity index (χ0n) is 15.9. The van der Waals surface area contributed by atoms with Gasteiger partial charge in [-0.25, -0.2) is 0 Å². The van der Waals surface area contributed by atoms with E-state index < -0.39 is 0 Å². The maximum Gasteiger partial charge on any atom is 0.324 e. The third kappa shape index (κ3) is 6.13. The molecule has 1 aliphatic carbocycles. The molecule has 1 saturated heterocycles. The molecule has 6 heteroatoms. The molecule has 1 aromatic carbocycles. The van der Waals surface area contributed by atoms with Gasteiger partial charge in [-0.3, -0.25) is 14.5 Å². The first kappa shape index (κ1) is 20.0. The number of ether oxygens (including phenoxy) is 1. The molecule has 3 rings (SSSR count). The van der Waals surface area contributed by atoms with Crippen molar-refractivity contribution < 1.29 is 19.4 Å². The van der Waals surface area contributed by atoms with E-state index in [0.717, 1.165) is 50.9 Å². The Labute approximate surface area is 160 Å². The van der Waals surface area contributed by atoms with E-state index in [1.54, 1.807) is 0 Å². The van der Waals surface area contributed by atoms with E-state index >= 15 is 0 Å². The molecule has 1 atom stereocenters. The van der Waals surface area contributed by atoms with Crippen molar-refractivity contribution in [3.05, 3.63) is 35.4 Å². The van der Waals surface area contributed by atoms with E-state index in [9.17, 15) is 9.59 Å². The van der Waals surface area contributed by atoms with Gasteiger partial charge in [-0.05, 0) is 43.2 Å². The minimum absolute atomic E-state index is 0.111. The summed E-state index contributed by atoms with van der Waals surface area (Å²) in [6.07, 6.45) is 5.45. The molecule has 0 aromatic heterocycles. The van der Waals surface area contributed by atoms with Crippen molar-refractivity contribution in [1.29, 1.82) is 0 Å². The van der Waals surface area contributed by atoms with Crippen LogP contribution in [0.3, 0.4) is 0 Å². The Morgan fingerprint density at radius 3 is 2.56 bits per heavy atom. The molecule has 2 fully saturated rings. The molecule has 0 bridgehead atoms. The zero-order chi connectivity index (χ0) is 19.1. The summed E-state index contributed by atoms with van der Waals surface area (Å²) in [6.45, 7) is 2.76. The van der Waals surface area contributed by atoms with Crippen LogP contribution in [0, 0.1) is 0 Å². The van der Waals surface area contributed by atoms with Crippen molar-refractivity contribution in [1.82, 2.24) is 10.2 Å². The lowest BCUT2D eigenvalue weighted by Crippen LogP contribution is -2.54. The number of nitrogens with zero attached hydrogens (tertiary/aromatic N) is 1. The van der Waals surface area contributed by atoms with Crippen molar-refractivity contribution in [3.8, 4) is 0 Å². The number of Topliss-reactive ketones (excluding diaryl/α,β-unsaturated/α-hetero) is 1. The van der Waals surface area contributed by atoms with E-state index in [1.165, 1.54) is 5.56 Å². The Morgan fingerprint density at radius 1 is 1.15 bits per heavy atom. The van der Waals surface area contributed by atoms with Crippen LogP contribution in [-0.2, 0) is 27.3 Å². The summed E-state index contributed by atoms with van der Waals surface area (Å²) in [7, 11) is 0. The Balaban J connectivity index is 1.46. The third-order valence-electron chi connectivity index (χ3n) is 5.43. The van der Waals surface area contributed by atoms with Crippen LogP contribution >= 0.6 is 0 Å². The number of benzene rings is 1. The van der Waals surface area contributed by atoms with Crippen LogP contribution in [0.15, 0.2) is 24.3 Å². The molecular weight excluding hydrogens is 344 g/mol. The molecule has 2 N–H and O–H groups in total. The molecule has 0 radical (unpaired) electrons. The summed E-state index contributed by atoms with van der Waals surface area (Å²) in [5.74, 6) is -0.245. The van der Waals surface area contributed by atoms with Gasteiger partial charge in [-0.1, -0.05) is 24.3 Å². The lowest BCUT2D eigenvalue weighted by molar-refractivity contribution is -0.152. The number of hydrogen-bond acceptors (Lipinski definition) is 6. The maximum absolute atomic E-state index is 12.4. The van der Waals surface area contributed by atoms with Crippen LogP contribution in [0.1, 0.15) is 43.2 Å². The number of hydrogen-bond donors (Lipinski definition) is 2. The van der Waals surface area contributed by atoms with Gasteiger partial charge in [0.25, 0.3) is 0 Å². The second kappa shape index (κ2) is 9.97. The molecule has 1 saturated carbocycles. The Bertz CT molecular complexity index is 626. The summed E-state index contributed by atoms with van der Waals surface area (Å²) in [5.41, 5.74) is 2.29. The number of ketones is 1. The average Bonchev–Trinajstić information content (AvgIpc) is 3.20. The fourth-order valence-corrected chi connectivity index (χ4v) is 3.80. The third-order valence-corrected chi connectivity index (χ3v) is 5.43. The first-order valence-corrected chi connectivity index (χ1v) is 10.0. The van der Waals surface area contributed by atoms with E-state index in [0.29, 0.717) is 19.4 Å². The minimum atomic E-state index is -0.384. The Kier molecular flexibility index (Phi) is 7.38. The Hall–Kier alpha value is -1.76. The van der Waals surface area contributed by atoms with Crippen LogP contribution in [0.25, 0.3) is 0 Å². The van der Waals surface area contributed by atoms with E-state index in [4.69, 9.17) is 9.84 Å². The van der Waals surface area contributed by atoms with Gasteiger partial charge in [0.1, 0.15) is 18.8 Å². The Morgan fingerprint density at radius 2 is 1.85 bits per heavy atom. The molecule has 1 aliphatic heterocycles. The maximum atomic E-state index is 12.4. The molecule has 27 heavy (non-hydrogen) atoms. The topological polar surface area (TPSA) is 78.9 Å². The van der Waals surface area contributed by atoms with Gasteiger partial charge >= 0.3 is 5.97 Å². The molecule has 2 aliphatic rings. The van der Waals surface area contributed by atoms with Gasteiger partial charge in [-0.2, -0.15) is 0 Å². The fourth-order valence-electron chi connectivity index (χ4n) is 3.80. The van der Waals surface area contributed by atoms with Crippen LogP contribution in [0.2, 0.25) is 0 Å². The number of rotatable bonds is 8. The van der Waals surface area contributed by atoms with Crippen molar-refractivity contribution in [2.45, 2.75) is 57.2 Å². The number of piperazine rings is 1. The monoisotopic (exact) mass is 374 g/mol. The SMILES string of the molecule is O=C(CO)CCc1ccc(CN2CCNC(C(=O)OC3CCCC3)C2)cc1. The smallest absolute Gasteiger partial charge is 0.324 e. The predicted octanol–water partition coefficient (Wildman–Crippen LogP) is 1.44. The van der Waals surface area contributed by atoms with E-state index in [2.05, 4.69) is 22.3 Å². The first-order chi connectivity index (χ1) is 13.1. The van der Waals surface area contributed by atoms with Crippen LogP contribution in [-0.4, -0.2) is 60.1 Å². The molecule has 0 spiro atoms. The van der Waals surface area contributed by atoms with Crippen molar-refractivity contribution >= 4 is 11.8 Å². The molecule has 0 amide bonds. The van der Waals surface area contributed by atoms with E-state index in [1.807, 2.05) is 12.1 Å². The zero-order valence-corrected chi connectivity index (χ0v) is 15.9.